The second-order valence-corrected chi connectivity index (χ2v) is 5.62. The van der Waals surface area contributed by atoms with Crippen molar-refractivity contribution in [3.63, 3.8) is 0 Å². The summed E-state index contributed by atoms with van der Waals surface area (Å²) in [7, 11) is 1.84. The lowest BCUT2D eigenvalue weighted by atomic mass is 10.1. The Bertz CT molecular complexity index is 952. The number of halogens is 1. The fourth-order valence-electron chi connectivity index (χ4n) is 2.56. The van der Waals surface area contributed by atoms with Gasteiger partial charge in [0.15, 0.2) is 5.65 Å². The molecule has 0 bridgehead atoms. The molecule has 0 aliphatic rings. The van der Waals surface area contributed by atoms with E-state index in [1.807, 2.05) is 62.5 Å². The zero-order valence-electron chi connectivity index (χ0n) is 13.6. The molecular formula is C19H17ClN4. The summed E-state index contributed by atoms with van der Waals surface area (Å²) >= 11 is 6.70. The van der Waals surface area contributed by atoms with E-state index < -0.39 is 0 Å². The molecule has 0 aliphatic carbocycles. The van der Waals surface area contributed by atoms with Crippen molar-refractivity contribution in [2.24, 2.45) is 7.05 Å². The van der Waals surface area contributed by atoms with Crippen LogP contribution in [0.1, 0.15) is 12.6 Å². The largest absolute Gasteiger partial charge is 0.248 e. The first-order valence-corrected chi connectivity index (χ1v) is 7.95. The van der Waals surface area contributed by atoms with Crippen molar-refractivity contribution >= 4 is 28.2 Å². The van der Waals surface area contributed by atoms with Crippen molar-refractivity contribution in [1.29, 1.82) is 0 Å². The van der Waals surface area contributed by atoms with Gasteiger partial charge < -0.3 is 0 Å². The lowest BCUT2D eigenvalue weighted by Crippen LogP contribution is -1.95. The first-order valence-electron chi connectivity index (χ1n) is 7.57. The molecular weight excluding hydrogens is 320 g/mol. The smallest absolute Gasteiger partial charge is 0.182 e. The zero-order valence-corrected chi connectivity index (χ0v) is 14.3. The van der Waals surface area contributed by atoms with Crippen molar-refractivity contribution in [3.8, 4) is 11.3 Å². The molecule has 0 N–H and O–H groups in total. The van der Waals surface area contributed by atoms with Gasteiger partial charge in [-0.25, -0.2) is 4.68 Å². The van der Waals surface area contributed by atoms with Gasteiger partial charge in [0, 0.05) is 12.6 Å². The minimum Gasteiger partial charge on any atom is -0.248 e. The second-order valence-electron chi connectivity index (χ2n) is 5.24. The van der Waals surface area contributed by atoms with Crippen LogP contribution < -0.4 is 0 Å². The summed E-state index contributed by atoms with van der Waals surface area (Å²) in [6, 6.07) is 9.78. The normalized spacial score (nSPS) is 12.2. The maximum atomic E-state index is 6.70. The number of aryl methyl sites for hydroxylation is 1. The number of rotatable bonds is 4. The number of fused-ring (bicyclic) bond motifs is 1. The Hall–Kier alpha value is -2.72. The van der Waals surface area contributed by atoms with Crippen LogP contribution in [0.4, 0.5) is 0 Å². The summed E-state index contributed by atoms with van der Waals surface area (Å²) in [5.74, 6) is 0. The number of allylic oxidation sites excluding steroid dienone is 5. The van der Waals surface area contributed by atoms with Crippen LogP contribution in [0.15, 0.2) is 61.2 Å². The Morgan fingerprint density at radius 1 is 1.21 bits per heavy atom. The standard InChI is InChI=1S/C19H17ClN4/c1-4-6-10-13(5-2)17-15-16(20)18(14-11-8-7-9-12-14)21-22-19(15)24(3)23-17/h4-12H,1H2,2-3H3/b10-6-,13-5+. The van der Waals surface area contributed by atoms with E-state index in [1.165, 1.54) is 0 Å². The van der Waals surface area contributed by atoms with E-state index in [0.29, 0.717) is 16.4 Å². The molecule has 0 spiro atoms. The third-order valence-corrected chi connectivity index (χ3v) is 4.10. The molecule has 0 amide bonds. The van der Waals surface area contributed by atoms with Crippen LogP contribution in [0.3, 0.4) is 0 Å². The van der Waals surface area contributed by atoms with Crippen LogP contribution in [0.25, 0.3) is 27.9 Å². The highest BCUT2D eigenvalue weighted by Crippen LogP contribution is 2.35. The quantitative estimate of drug-likeness (QED) is 0.641. The topological polar surface area (TPSA) is 43.6 Å². The van der Waals surface area contributed by atoms with Gasteiger partial charge in [-0.2, -0.15) is 5.10 Å². The van der Waals surface area contributed by atoms with Crippen LogP contribution in [0.2, 0.25) is 5.02 Å². The van der Waals surface area contributed by atoms with E-state index in [1.54, 1.807) is 10.8 Å². The Labute approximate surface area is 145 Å². The fraction of sp³-hybridized carbons (Fsp3) is 0.105. The van der Waals surface area contributed by atoms with Gasteiger partial charge in [0.2, 0.25) is 0 Å². The van der Waals surface area contributed by atoms with Gasteiger partial charge in [-0.15, -0.1) is 10.2 Å². The maximum Gasteiger partial charge on any atom is 0.182 e. The van der Waals surface area contributed by atoms with Crippen LogP contribution in [-0.4, -0.2) is 20.0 Å². The van der Waals surface area contributed by atoms with Gasteiger partial charge in [0.05, 0.1) is 10.4 Å². The second kappa shape index (κ2) is 6.81. The number of hydrogen-bond donors (Lipinski definition) is 0. The zero-order chi connectivity index (χ0) is 17.1. The summed E-state index contributed by atoms with van der Waals surface area (Å²) in [5.41, 5.74) is 3.97. The van der Waals surface area contributed by atoms with E-state index in [-0.39, 0.29) is 0 Å². The lowest BCUT2D eigenvalue weighted by Gasteiger charge is -2.05. The Balaban J connectivity index is 2.29. The Morgan fingerprint density at radius 2 is 1.96 bits per heavy atom. The fourth-order valence-corrected chi connectivity index (χ4v) is 2.88. The van der Waals surface area contributed by atoms with Crippen LogP contribution in [0, 0.1) is 0 Å². The minimum absolute atomic E-state index is 0.556. The summed E-state index contributed by atoms with van der Waals surface area (Å²) in [4.78, 5) is 0. The van der Waals surface area contributed by atoms with Crippen molar-refractivity contribution in [2.45, 2.75) is 6.92 Å². The van der Waals surface area contributed by atoms with Gasteiger partial charge in [-0.05, 0) is 12.5 Å². The van der Waals surface area contributed by atoms with Crippen molar-refractivity contribution in [3.05, 3.63) is 71.9 Å². The molecule has 0 unspecified atom stereocenters. The number of hydrogen-bond acceptors (Lipinski definition) is 3. The summed E-state index contributed by atoms with van der Waals surface area (Å²) in [6.07, 6.45) is 7.54. The van der Waals surface area contributed by atoms with Crippen molar-refractivity contribution < 1.29 is 0 Å². The van der Waals surface area contributed by atoms with Crippen LogP contribution >= 0.6 is 11.6 Å². The average Bonchev–Trinajstić information content (AvgIpc) is 2.94. The molecule has 3 aromatic rings. The third kappa shape index (κ3) is 2.76. The monoisotopic (exact) mass is 336 g/mol. The maximum absolute atomic E-state index is 6.70. The first-order chi connectivity index (χ1) is 11.7. The van der Waals surface area contributed by atoms with E-state index in [9.17, 15) is 0 Å². The molecule has 5 heteroatoms. The molecule has 2 heterocycles. The SMILES string of the molecule is C=C/C=C\C(=C/C)c1nn(C)c2nnc(-c3ccccc3)c(Cl)c12. The highest BCUT2D eigenvalue weighted by atomic mass is 35.5. The summed E-state index contributed by atoms with van der Waals surface area (Å²) < 4.78 is 1.70. The minimum atomic E-state index is 0.556. The molecule has 0 fully saturated rings. The van der Waals surface area contributed by atoms with Gasteiger partial charge >= 0.3 is 0 Å². The molecule has 1 aromatic carbocycles. The molecule has 2 aromatic heterocycles. The Kier molecular flexibility index (Phi) is 4.58. The van der Waals surface area contributed by atoms with E-state index >= 15 is 0 Å². The van der Waals surface area contributed by atoms with E-state index in [4.69, 9.17) is 11.6 Å². The number of aromatic nitrogens is 4. The lowest BCUT2D eigenvalue weighted by molar-refractivity contribution is 0.774. The van der Waals surface area contributed by atoms with Gasteiger partial charge in [0.1, 0.15) is 11.4 Å². The predicted molar refractivity (Wildman–Crippen MR) is 99.7 cm³/mol. The molecule has 24 heavy (non-hydrogen) atoms. The van der Waals surface area contributed by atoms with Gasteiger partial charge in [-0.3, -0.25) is 0 Å². The van der Waals surface area contributed by atoms with Gasteiger partial charge in [0.25, 0.3) is 0 Å². The highest BCUT2D eigenvalue weighted by Gasteiger charge is 2.19. The van der Waals surface area contributed by atoms with E-state index in [0.717, 1.165) is 22.2 Å². The molecule has 0 aliphatic heterocycles. The van der Waals surface area contributed by atoms with E-state index in [2.05, 4.69) is 21.9 Å². The predicted octanol–water partition coefficient (Wildman–Crippen LogP) is 4.83. The van der Waals surface area contributed by atoms with Crippen molar-refractivity contribution in [2.75, 3.05) is 0 Å². The van der Waals surface area contributed by atoms with Crippen molar-refractivity contribution in [1.82, 2.24) is 20.0 Å². The van der Waals surface area contributed by atoms with Gasteiger partial charge in [-0.1, -0.05) is 72.8 Å². The molecule has 120 valence electrons. The molecule has 0 radical (unpaired) electrons. The first kappa shape index (κ1) is 16.1. The molecule has 0 saturated carbocycles. The number of nitrogens with zero attached hydrogens (tertiary/aromatic N) is 4. The third-order valence-electron chi connectivity index (χ3n) is 3.73. The molecule has 4 nitrogen and oxygen atoms in total. The molecule has 3 rings (SSSR count). The number of benzene rings is 1. The average molecular weight is 337 g/mol. The Morgan fingerprint density at radius 3 is 2.62 bits per heavy atom. The van der Waals surface area contributed by atoms with Crippen LogP contribution in [-0.2, 0) is 7.05 Å². The molecule has 0 saturated heterocycles. The summed E-state index contributed by atoms with van der Waals surface area (Å²) in [5, 5.41) is 14.6. The molecule has 0 atom stereocenters. The highest BCUT2D eigenvalue weighted by molar-refractivity contribution is 6.38. The summed E-state index contributed by atoms with van der Waals surface area (Å²) in [6.45, 7) is 5.67. The van der Waals surface area contributed by atoms with Crippen LogP contribution in [0.5, 0.6) is 0 Å².